The number of pyridine rings is 1. The molecule has 3 aromatic rings. The molecule has 0 radical (unpaired) electrons. The number of hydrogen-bond donors (Lipinski definition) is 0. The highest BCUT2D eigenvalue weighted by Crippen LogP contribution is 2.16. The predicted molar refractivity (Wildman–Crippen MR) is 72.0 cm³/mol. The van der Waals surface area contributed by atoms with Crippen LogP contribution in [-0.2, 0) is 6.42 Å². The Kier molecular flexibility index (Phi) is 2.76. The molecule has 2 heterocycles. The van der Waals surface area contributed by atoms with Gasteiger partial charge < -0.3 is 0 Å². The Morgan fingerprint density at radius 1 is 1.11 bits per heavy atom. The van der Waals surface area contributed by atoms with E-state index >= 15 is 0 Å². The van der Waals surface area contributed by atoms with E-state index in [-0.39, 0.29) is 0 Å². The average Bonchev–Trinajstić information content (AvgIpc) is 2.74. The van der Waals surface area contributed by atoms with E-state index in [0.717, 1.165) is 17.9 Å². The molecule has 3 rings (SSSR count). The first-order valence-corrected chi connectivity index (χ1v) is 6.16. The van der Waals surface area contributed by atoms with Crippen LogP contribution in [0.15, 0.2) is 42.5 Å². The van der Waals surface area contributed by atoms with Crippen LogP contribution in [0.25, 0.3) is 5.65 Å². The van der Waals surface area contributed by atoms with Crippen LogP contribution >= 0.6 is 11.6 Å². The van der Waals surface area contributed by atoms with Crippen LogP contribution in [0.2, 0.25) is 5.15 Å². The third-order valence-electron chi connectivity index (χ3n) is 2.89. The predicted octanol–water partition coefficient (Wildman–Crippen LogP) is 3.28. The third kappa shape index (κ3) is 1.97. The van der Waals surface area contributed by atoms with Crippen molar-refractivity contribution < 1.29 is 0 Å². The summed E-state index contributed by atoms with van der Waals surface area (Å²) >= 11 is 6.18. The SMILES string of the molecule is Cc1cccc(Cc2nnc3cccc(Cl)n23)c1. The van der Waals surface area contributed by atoms with Crippen LogP contribution in [0, 0.1) is 6.92 Å². The first-order chi connectivity index (χ1) is 8.74. The summed E-state index contributed by atoms with van der Waals surface area (Å²) in [5, 5.41) is 8.98. The van der Waals surface area contributed by atoms with Crippen molar-refractivity contribution >= 4 is 17.2 Å². The average molecular weight is 258 g/mol. The van der Waals surface area contributed by atoms with Gasteiger partial charge in [0.1, 0.15) is 11.0 Å². The lowest BCUT2D eigenvalue weighted by Crippen LogP contribution is -1.97. The Morgan fingerprint density at radius 3 is 2.78 bits per heavy atom. The second-order valence-corrected chi connectivity index (χ2v) is 4.71. The summed E-state index contributed by atoms with van der Waals surface area (Å²) in [6, 6.07) is 14.0. The molecule has 4 heteroatoms. The van der Waals surface area contributed by atoms with Gasteiger partial charge >= 0.3 is 0 Å². The summed E-state index contributed by atoms with van der Waals surface area (Å²) in [5.74, 6) is 0.862. The first kappa shape index (κ1) is 11.2. The maximum absolute atomic E-state index is 6.18. The molecule has 0 aliphatic heterocycles. The van der Waals surface area contributed by atoms with Gasteiger partial charge in [0.2, 0.25) is 0 Å². The molecule has 0 fully saturated rings. The minimum Gasteiger partial charge on any atom is -0.269 e. The topological polar surface area (TPSA) is 30.2 Å². The van der Waals surface area contributed by atoms with Crippen molar-refractivity contribution in [3.05, 3.63) is 64.6 Å². The quantitative estimate of drug-likeness (QED) is 0.660. The summed E-state index contributed by atoms with van der Waals surface area (Å²) in [5.41, 5.74) is 3.24. The van der Waals surface area contributed by atoms with E-state index in [4.69, 9.17) is 11.6 Å². The van der Waals surface area contributed by atoms with Crippen LogP contribution in [0.5, 0.6) is 0 Å². The highest BCUT2D eigenvalue weighted by molar-refractivity contribution is 6.29. The van der Waals surface area contributed by atoms with Crippen molar-refractivity contribution in [3.8, 4) is 0 Å². The Labute approximate surface area is 110 Å². The number of fused-ring (bicyclic) bond motifs is 1. The van der Waals surface area contributed by atoms with E-state index < -0.39 is 0 Å². The molecule has 1 aromatic carbocycles. The number of aryl methyl sites for hydroxylation is 1. The molecular formula is C14H12ClN3. The fourth-order valence-electron chi connectivity index (χ4n) is 2.08. The standard InChI is InChI=1S/C14H12ClN3/c1-10-4-2-5-11(8-10)9-14-17-16-13-7-3-6-12(15)18(13)14/h2-8H,9H2,1H3. The smallest absolute Gasteiger partial charge is 0.161 e. The van der Waals surface area contributed by atoms with E-state index in [0.29, 0.717) is 5.15 Å². The molecule has 0 N–H and O–H groups in total. The number of hydrogen-bond acceptors (Lipinski definition) is 2. The molecule has 0 amide bonds. The molecule has 0 aliphatic carbocycles. The van der Waals surface area contributed by atoms with Gasteiger partial charge in [0, 0.05) is 6.42 Å². The highest BCUT2D eigenvalue weighted by atomic mass is 35.5. The van der Waals surface area contributed by atoms with Gasteiger partial charge in [-0.15, -0.1) is 10.2 Å². The molecule has 0 unspecified atom stereocenters. The van der Waals surface area contributed by atoms with E-state index in [2.05, 4.69) is 41.4 Å². The van der Waals surface area contributed by atoms with Crippen molar-refractivity contribution in [1.82, 2.24) is 14.6 Å². The van der Waals surface area contributed by atoms with Gasteiger partial charge in [-0.25, -0.2) is 0 Å². The Bertz CT molecular complexity index is 703. The normalized spacial score (nSPS) is 11.0. The molecule has 0 bridgehead atoms. The molecule has 0 aliphatic rings. The molecule has 3 nitrogen and oxygen atoms in total. The fraction of sp³-hybridized carbons (Fsp3) is 0.143. The van der Waals surface area contributed by atoms with E-state index in [1.54, 1.807) is 0 Å². The minimum absolute atomic E-state index is 0.639. The van der Waals surface area contributed by atoms with Crippen molar-refractivity contribution in [2.24, 2.45) is 0 Å². The zero-order valence-electron chi connectivity index (χ0n) is 9.97. The Hall–Kier alpha value is -1.87. The number of benzene rings is 1. The maximum atomic E-state index is 6.18. The van der Waals surface area contributed by atoms with Crippen LogP contribution < -0.4 is 0 Å². The highest BCUT2D eigenvalue weighted by Gasteiger charge is 2.08. The van der Waals surface area contributed by atoms with Crippen LogP contribution in [0.3, 0.4) is 0 Å². The lowest BCUT2D eigenvalue weighted by atomic mass is 10.1. The molecule has 18 heavy (non-hydrogen) atoms. The van der Waals surface area contributed by atoms with Gasteiger partial charge in [0.25, 0.3) is 0 Å². The van der Waals surface area contributed by atoms with Gasteiger partial charge in [-0.3, -0.25) is 4.40 Å². The van der Waals surface area contributed by atoms with Crippen molar-refractivity contribution in [2.75, 3.05) is 0 Å². The number of nitrogens with zero attached hydrogens (tertiary/aromatic N) is 3. The second-order valence-electron chi connectivity index (χ2n) is 4.32. The molecule has 0 atom stereocenters. The summed E-state index contributed by atoms with van der Waals surface area (Å²) < 4.78 is 1.88. The van der Waals surface area contributed by atoms with Crippen molar-refractivity contribution in [1.29, 1.82) is 0 Å². The Morgan fingerprint density at radius 2 is 1.94 bits per heavy atom. The number of rotatable bonds is 2. The van der Waals surface area contributed by atoms with Gasteiger partial charge in [0.15, 0.2) is 5.65 Å². The molecular weight excluding hydrogens is 246 g/mol. The maximum Gasteiger partial charge on any atom is 0.161 e. The van der Waals surface area contributed by atoms with Crippen LogP contribution in [0.4, 0.5) is 0 Å². The first-order valence-electron chi connectivity index (χ1n) is 5.78. The van der Waals surface area contributed by atoms with E-state index in [9.17, 15) is 0 Å². The monoisotopic (exact) mass is 257 g/mol. The van der Waals surface area contributed by atoms with Crippen LogP contribution in [0.1, 0.15) is 17.0 Å². The summed E-state index contributed by atoms with van der Waals surface area (Å²) in [7, 11) is 0. The van der Waals surface area contributed by atoms with Gasteiger partial charge in [-0.05, 0) is 24.6 Å². The van der Waals surface area contributed by atoms with Gasteiger partial charge in [0.05, 0.1) is 0 Å². The molecule has 0 saturated carbocycles. The molecule has 2 aromatic heterocycles. The van der Waals surface area contributed by atoms with Gasteiger partial charge in [-0.2, -0.15) is 0 Å². The number of halogens is 1. The molecule has 0 spiro atoms. The lowest BCUT2D eigenvalue weighted by Gasteiger charge is -2.03. The second kappa shape index (κ2) is 4.42. The fourth-order valence-corrected chi connectivity index (χ4v) is 2.34. The third-order valence-corrected chi connectivity index (χ3v) is 3.19. The molecule has 90 valence electrons. The van der Waals surface area contributed by atoms with Crippen molar-refractivity contribution in [3.63, 3.8) is 0 Å². The van der Waals surface area contributed by atoms with Crippen molar-refractivity contribution in [2.45, 2.75) is 13.3 Å². The van der Waals surface area contributed by atoms with E-state index in [1.807, 2.05) is 22.6 Å². The van der Waals surface area contributed by atoms with Gasteiger partial charge in [-0.1, -0.05) is 47.5 Å². The van der Waals surface area contributed by atoms with Crippen LogP contribution in [-0.4, -0.2) is 14.6 Å². The zero-order valence-corrected chi connectivity index (χ0v) is 10.7. The summed E-state index contributed by atoms with van der Waals surface area (Å²) in [6.45, 7) is 2.08. The minimum atomic E-state index is 0.639. The zero-order chi connectivity index (χ0) is 12.5. The summed E-state index contributed by atoms with van der Waals surface area (Å²) in [4.78, 5) is 0. The lowest BCUT2D eigenvalue weighted by molar-refractivity contribution is 0.934. The molecule has 0 saturated heterocycles. The Balaban J connectivity index is 2.05. The summed E-state index contributed by atoms with van der Waals surface area (Å²) in [6.07, 6.45) is 0.729. The van der Waals surface area contributed by atoms with E-state index in [1.165, 1.54) is 11.1 Å². The largest absolute Gasteiger partial charge is 0.269 e. The number of aromatic nitrogens is 3.